The normalized spacial score (nSPS) is 16.8. The summed E-state index contributed by atoms with van der Waals surface area (Å²) >= 11 is 0. The summed E-state index contributed by atoms with van der Waals surface area (Å²) in [5, 5.41) is 7.35. The number of hydrogen-bond acceptors (Lipinski definition) is 3. The molecular formula is C20H19N3O2. The van der Waals surface area contributed by atoms with E-state index in [1.807, 2.05) is 67.7 Å². The van der Waals surface area contributed by atoms with E-state index in [4.69, 9.17) is 4.74 Å². The number of para-hydroxylation sites is 1. The van der Waals surface area contributed by atoms with Crippen LogP contribution in [0.3, 0.4) is 0 Å². The Morgan fingerprint density at radius 2 is 2.12 bits per heavy atom. The molecule has 3 aromatic rings. The molecule has 0 aliphatic carbocycles. The molecule has 1 amide bonds. The number of carbonyl (C=O) groups is 1. The lowest BCUT2D eigenvalue weighted by atomic mass is 9.99. The van der Waals surface area contributed by atoms with Crippen molar-refractivity contribution in [3.05, 3.63) is 78.1 Å². The molecule has 2 atom stereocenters. The number of nitrogens with zero attached hydrogens (tertiary/aromatic N) is 2. The summed E-state index contributed by atoms with van der Waals surface area (Å²) in [4.78, 5) is 12.7. The number of amides is 1. The summed E-state index contributed by atoms with van der Waals surface area (Å²) in [5.74, 6) is 0.533. The topological polar surface area (TPSA) is 56.1 Å². The van der Waals surface area contributed by atoms with Gasteiger partial charge in [-0.1, -0.05) is 30.3 Å². The van der Waals surface area contributed by atoms with Crippen molar-refractivity contribution in [2.24, 2.45) is 0 Å². The van der Waals surface area contributed by atoms with E-state index in [-0.39, 0.29) is 17.9 Å². The maximum absolute atomic E-state index is 12.7. The van der Waals surface area contributed by atoms with Gasteiger partial charge in [0, 0.05) is 18.0 Å². The first-order valence-corrected chi connectivity index (χ1v) is 8.34. The maximum atomic E-state index is 12.7. The minimum Gasteiger partial charge on any atom is -0.492 e. The second-order valence-corrected chi connectivity index (χ2v) is 6.18. The lowest BCUT2D eigenvalue weighted by molar-refractivity contribution is -0.123. The Bertz CT molecular complexity index is 889. The van der Waals surface area contributed by atoms with Gasteiger partial charge < -0.3 is 10.1 Å². The summed E-state index contributed by atoms with van der Waals surface area (Å²) in [6.07, 6.45) is 3.64. The SMILES string of the molecule is CC(NC(=O)C1COc2ccccc21)c1cccc(-n2cccn2)c1. The van der Waals surface area contributed by atoms with Gasteiger partial charge >= 0.3 is 0 Å². The van der Waals surface area contributed by atoms with Crippen LogP contribution in [0.25, 0.3) is 5.69 Å². The molecule has 1 aliphatic heterocycles. The van der Waals surface area contributed by atoms with Gasteiger partial charge in [-0.3, -0.25) is 4.79 Å². The minimum atomic E-state index is -0.257. The van der Waals surface area contributed by atoms with Crippen LogP contribution < -0.4 is 10.1 Å². The summed E-state index contributed by atoms with van der Waals surface area (Å²) in [7, 11) is 0. The molecule has 1 N–H and O–H groups in total. The third-order valence-electron chi connectivity index (χ3n) is 4.51. The van der Waals surface area contributed by atoms with Crippen molar-refractivity contribution in [1.82, 2.24) is 15.1 Å². The van der Waals surface area contributed by atoms with Crippen molar-refractivity contribution in [2.75, 3.05) is 6.61 Å². The maximum Gasteiger partial charge on any atom is 0.231 e. The van der Waals surface area contributed by atoms with Crippen molar-refractivity contribution in [3.63, 3.8) is 0 Å². The molecule has 0 spiro atoms. The number of fused-ring (bicyclic) bond motifs is 1. The van der Waals surface area contributed by atoms with Crippen LogP contribution in [0.15, 0.2) is 67.0 Å². The number of rotatable bonds is 4. The predicted molar refractivity (Wildman–Crippen MR) is 94.8 cm³/mol. The molecule has 0 bridgehead atoms. The highest BCUT2D eigenvalue weighted by molar-refractivity contribution is 5.85. The minimum absolute atomic E-state index is 0.0121. The molecule has 5 nitrogen and oxygen atoms in total. The first-order chi connectivity index (χ1) is 12.2. The number of hydrogen-bond donors (Lipinski definition) is 1. The van der Waals surface area contributed by atoms with Crippen LogP contribution in [0.1, 0.15) is 30.0 Å². The van der Waals surface area contributed by atoms with Gasteiger partial charge in [0.25, 0.3) is 0 Å². The highest BCUT2D eigenvalue weighted by atomic mass is 16.5. The molecule has 4 rings (SSSR count). The molecule has 2 heterocycles. The lowest BCUT2D eigenvalue weighted by Crippen LogP contribution is -2.32. The fraction of sp³-hybridized carbons (Fsp3) is 0.200. The Morgan fingerprint density at radius 3 is 2.96 bits per heavy atom. The van der Waals surface area contributed by atoms with Gasteiger partial charge in [0.15, 0.2) is 0 Å². The summed E-state index contributed by atoms with van der Waals surface area (Å²) in [5.41, 5.74) is 2.96. The quantitative estimate of drug-likeness (QED) is 0.797. The monoisotopic (exact) mass is 333 g/mol. The van der Waals surface area contributed by atoms with Crippen LogP contribution in [0.5, 0.6) is 5.75 Å². The molecule has 2 aromatic carbocycles. The van der Waals surface area contributed by atoms with Gasteiger partial charge in [0.1, 0.15) is 18.3 Å². The van der Waals surface area contributed by atoms with Gasteiger partial charge in [-0.25, -0.2) is 4.68 Å². The number of benzene rings is 2. The second kappa shape index (κ2) is 6.43. The van der Waals surface area contributed by atoms with Crippen LogP contribution in [0.2, 0.25) is 0 Å². The number of ether oxygens (including phenoxy) is 1. The van der Waals surface area contributed by atoms with E-state index in [1.54, 1.807) is 10.9 Å². The third-order valence-corrected chi connectivity index (χ3v) is 4.51. The van der Waals surface area contributed by atoms with Crippen molar-refractivity contribution >= 4 is 5.91 Å². The third kappa shape index (κ3) is 3.01. The Hall–Kier alpha value is -3.08. The fourth-order valence-corrected chi connectivity index (χ4v) is 3.14. The summed E-state index contributed by atoms with van der Waals surface area (Å²) < 4.78 is 7.42. The van der Waals surface area contributed by atoms with Gasteiger partial charge in [-0.15, -0.1) is 0 Å². The molecule has 1 aromatic heterocycles. The average Bonchev–Trinajstić information content (AvgIpc) is 3.31. The number of aromatic nitrogens is 2. The van der Waals surface area contributed by atoms with E-state index in [0.29, 0.717) is 6.61 Å². The Labute approximate surface area is 146 Å². The van der Waals surface area contributed by atoms with E-state index in [0.717, 1.165) is 22.6 Å². The average molecular weight is 333 g/mol. The Morgan fingerprint density at radius 1 is 1.24 bits per heavy atom. The largest absolute Gasteiger partial charge is 0.492 e. The lowest BCUT2D eigenvalue weighted by Gasteiger charge is -2.18. The van der Waals surface area contributed by atoms with E-state index in [2.05, 4.69) is 10.4 Å². The zero-order valence-corrected chi connectivity index (χ0v) is 13.9. The Balaban J connectivity index is 1.50. The van der Waals surface area contributed by atoms with Gasteiger partial charge in [-0.2, -0.15) is 5.10 Å². The predicted octanol–water partition coefficient (Wildman–Crippen LogP) is 3.23. The van der Waals surface area contributed by atoms with E-state index >= 15 is 0 Å². The van der Waals surface area contributed by atoms with Crippen LogP contribution in [-0.2, 0) is 4.79 Å². The van der Waals surface area contributed by atoms with Crippen LogP contribution in [0, 0.1) is 0 Å². The molecule has 1 aliphatic rings. The van der Waals surface area contributed by atoms with Crippen molar-refractivity contribution < 1.29 is 9.53 Å². The molecule has 0 fully saturated rings. The summed E-state index contributed by atoms with van der Waals surface area (Å²) in [6.45, 7) is 2.38. The molecule has 0 radical (unpaired) electrons. The van der Waals surface area contributed by atoms with E-state index in [1.165, 1.54) is 0 Å². The van der Waals surface area contributed by atoms with E-state index in [9.17, 15) is 4.79 Å². The highest BCUT2D eigenvalue weighted by Crippen LogP contribution is 2.34. The highest BCUT2D eigenvalue weighted by Gasteiger charge is 2.30. The zero-order chi connectivity index (χ0) is 17.2. The fourth-order valence-electron chi connectivity index (χ4n) is 3.14. The van der Waals surface area contributed by atoms with Gasteiger partial charge in [0.05, 0.1) is 11.7 Å². The number of carbonyl (C=O) groups excluding carboxylic acids is 1. The first-order valence-electron chi connectivity index (χ1n) is 8.34. The molecule has 5 heteroatoms. The summed E-state index contributed by atoms with van der Waals surface area (Å²) in [6, 6.07) is 17.5. The first kappa shape index (κ1) is 15.4. The molecular weight excluding hydrogens is 314 g/mol. The smallest absolute Gasteiger partial charge is 0.231 e. The molecule has 0 saturated carbocycles. The van der Waals surface area contributed by atoms with Crippen LogP contribution in [0.4, 0.5) is 0 Å². The van der Waals surface area contributed by atoms with Gasteiger partial charge in [-0.05, 0) is 36.8 Å². The van der Waals surface area contributed by atoms with Crippen LogP contribution >= 0.6 is 0 Å². The molecule has 126 valence electrons. The van der Waals surface area contributed by atoms with E-state index < -0.39 is 0 Å². The van der Waals surface area contributed by atoms with Crippen molar-refractivity contribution in [2.45, 2.75) is 18.9 Å². The Kier molecular flexibility index (Phi) is 3.98. The molecule has 0 saturated heterocycles. The zero-order valence-electron chi connectivity index (χ0n) is 13.9. The van der Waals surface area contributed by atoms with Crippen molar-refractivity contribution in [1.29, 1.82) is 0 Å². The second-order valence-electron chi connectivity index (χ2n) is 6.18. The van der Waals surface area contributed by atoms with Gasteiger partial charge in [0.2, 0.25) is 5.91 Å². The standard InChI is InChI=1S/C20H19N3O2/c1-14(15-6-4-7-16(12-15)23-11-5-10-21-23)22-20(24)18-13-25-19-9-3-2-8-17(18)19/h2-12,14,18H,13H2,1H3,(H,22,24). The molecule has 2 unspecified atom stereocenters. The number of nitrogens with one attached hydrogen (secondary N) is 1. The molecule has 25 heavy (non-hydrogen) atoms. The van der Waals surface area contributed by atoms with Crippen molar-refractivity contribution in [3.8, 4) is 11.4 Å². The van der Waals surface area contributed by atoms with Crippen LogP contribution in [-0.4, -0.2) is 22.3 Å².